The van der Waals surface area contributed by atoms with Crippen LogP contribution in [0.1, 0.15) is 56.6 Å². The minimum Gasteiger partial charge on any atom is -0.494 e. The second-order valence-corrected chi connectivity index (χ2v) is 16.5. The van der Waals surface area contributed by atoms with Crippen molar-refractivity contribution in [1.29, 1.82) is 10.5 Å². The van der Waals surface area contributed by atoms with Gasteiger partial charge in [0, 0.05) is 51.7 Å². The number of amides is 4. The molecule has 68 heavy (non-hydrogen) atoms. The molecule has 9 rings (SSSR count). The molecule has 0 bridgehead atoms. The second-order valence-electron chi connectivity index (χ2n) is 16.1. The van der Waals surface area contributed by atoms with E-state index in [4.69, 9.17) is 12.2 Å². The van der Waals surface area contributed by atoms with Crippen LogP contribution in [-0.2, 0) is 25.4 Å². The summed E-state index contributed by atoms with van der Waals surface area (Å²) in [7, 11) is 0. The fourth-order valence-corrected chi connectivity index (χ4v) is 9.11. The molecule has 6 aromatic rings. The van der Waals surface area contributed by atoms with Gasteiger partial charge >= 0.3 is 24.4 Å². The first-order valence-corrected chi connectivity index (χ1v) is 21.3. The maximum atomic E-state index is 13.8. The van der Waals surface area contributed by atoms with Crippen molar-refractivity contribution in [2.24, 2.45) is 0 Å². The number of anilines is 4. The Balaban J connectivity index is 0.960. The number of fused-ring (bicyclic) bond motifs is 2. The molecule has 4 aromatic carbocycles. The van der Waals surface area contributed by atoms with Crippen molar-refractivity contribution in [3.8, 4) is 23.9 Å². The van der Waals surface area contributed by atoms with Crippen LogP contribution in [0.15, 0.2) is 109 Å². The van der Waals surface area contributed by atoms with E-state index < -0.39 is 47.6 Å². The van der Waals surface area contributed by atoms with Crippen LogP contribution < -0.4 is 20.4 Å². The fraction of sp³-hybridized carbons (Fsp3) is 0.213. The monoisotopic (exact) mass is 950 g/mol. The molecule has 2 atom stereocenters. The van der Waals surface area contributed by atoms with Gasteiger partial charge in [0.1, 0.15) is 0 Å². The number of hydrogen-bond acceptors (Lipinski definition) is 7. The lowest BCUT2D eigenvalue weighted by Gasteiger charge is -2.33. The number of aromatic nitrogens is 2. The number of alkyl halides is 6. The number of benzene rings is 4. The lowest BCUT2D eigenvalue weighted by atomic mass is 9.96. The largest absolute Gasteiger partial charge is 0.494 e. The average Bonchev–Trinajstić information content (AvgIpc) is 3.96. The smallest absolute Gasteiger partial charge is 0.416 e. The molecule has 1 saturated heterocycles. The highest BCUT2D eigenvalue weighted by Gasteiger charge is 2.41. The van der Waals surface area contributed by atoms with Crippen molar-refractivity contribution in [3.63, 3.8) is 0 Å². The Kier molecular flexibility index (Phi) is 11.4. The number of nitrogens with one attached hydrogen (secondary N) is 2. The van der Waals surface area contributed by atoms with Crippen LogP contribution in [0.25, 0.3) is 0 Å². The molecule has 2 aromatic heterocycles. The molecule has 14 nitrogen and oxygen atoms in total. The summed E-state index contributed by atoms with van der Waals surface area (Å²) in [5.41, 5.74) is 0.330. The van der Waals surface area contributed by atoms with Gasteiger partial charge in [-0.15, -0.1) is 0 Å². The highest BCUT2D eigenvalue weighted by Crippen LogP contribution is 2.48. The molecule has 346 valence electrons. The number of aromatic hydroxyl groups is 2. The predicted octanol–water partition coefficient (Wildman–Crippen LogP) is 8.99. The molecule has 3 aliphatic rings. The zero-order valence-corrected chi connectivity index (χ0v) is 36.1. The van der Waals surface area contributed by atoms with Crippen LogP contribution in [0.3, 0.4) is 0 Å². The van der Waals surface area contributed by atoms with Crippen LogP contribution in [0.5, 0.6) is 11.8 Å². The molecular weight excluding hydrogens is 915 g/mol. The number of hydrogen-bond donors (Lipinski definition) is 4. The maximum absolute atomic E-state index is 13.8. The van der Waals surface area contributed by atoms with Crippen LogP contribution in [-0.4, -0.2) is 72.5 Å². The summed E-state index contributed by atoms with van der Waals surface area (Å²) in [6.45, 7) is 1.62. The van der Waals surface area contributed by atoms with E-state index in [1.54, 1.807) is 48.5 Å². The standard InChI is InChI=1S/C47H36F6N10O4S/c48-46(49,50)31-3-1-5-33(21-31)62-35-25-60(41(64)37(35)39(56-43(62)66)29-11-7-27(23-54)8-12-29)19-17-58-15-16-59(45(58)68)18-20-61-26-36-38(42(61)65)40(30-13-9-28(24-55)10-14-30)57-44(67)63(36)34-6-2-4-32(22-34)47(51,52)53/h1-14,21-22,25-26,39-40,64-65H,15-20H2,(H,56,66)(H,57,67)/t39-,40-/m1/s1. The number of urea groups is 2. The molecule has 1 fully saturated rings. The normalized spacial score (nSPS) is 17.1. The van der Waals surface area contributed by atoms with Gasteiger partial charge in [-0.2, -0.15) is 36.9 Å². The summed E-state index contributed by atoms with van der Waals surface area (Å²) < 4.78 is 85.8. The zero-order valence-electron chi connectivity index (χ0n) is 35.3. The number of carbonyl (C=O) groups excluding carboxylic acids is 2. The van der Waals surface area contributed by atoms with E-state index in [0.717, 1.165) is 34.1 Å². The van der Waals surface area contributed by atoms with Gasteiger partial charge in [0.15, 0.2) is 16.9 Å². The number of thiocarbonyl (C=S) groups is 1. The third-order valence-electron chi connectivity index (χ3n) is 12.1. The minimum atomic E-state index is -4.70. The Bertz CT molecular complexity index is 2860. The Morgan fingerprint density at radius 1 is 0.603 bits per heavy atom. The Morgan fingerprint density at radius 2 is 0.985 bits per heavy atom. The number of halogens is 6. The topological polar surface area (TPSA) is 169 Å². The number of rotatable bonds is 10. The molecule has 0 aliphatic carbocycles. The summed E-state index contributed by atoms with van der Waals surface area (Å²) >= 11 is 5.87. The molecular formula is C47H36F6N10O4S. The summed E-state index contributed by atoms with van der Waals surface area (Å²) in [4.78, 5) is 33.4. The number of nitriles is 2. The molecule has 4 amide bonds. The van der Waals surface area contributed by atoms with Gasteiger partial charge < -0.3 is 39.8 Å². The minimum absolute atomic E-state index is 0.0871. The zero-order chi connectivity index (χ0) is 48.2. The quantitative estimate of drug-likeness (QED) is 0.0774. The van der Waals surface area contributed by atoms with Crippen molar-refractivity contribution >= 4 is 52.1 Å². The van der Waals surface area contributed by atoms with Gasteiger partial charge in [0.05, 0.1) is 80.4 Å². The van der Waals surface area contributed by atoms with Crippen LogP contribution >= 0.6 is 12.2 Å². The lowest BCUT2D eigenvalue weighted by Crippen LogP contribution is -2.44. The van der Waals surface area contributed by atoms with Crippen molar-refractivity contribution in [1.82, 2.24) is 29.6 Å². The summed E-state index contributed by atoms with van der Waals surface area (Å²) in [6, 6.07) is 21.8. The molecule has 5 heterocycles. The molecule has 21 heteroatoms. The third kappa shape index (κ3) is 8.21. The van der Waals surface area contributed by atoms with Gasteiger partial charge in [0.25, 0.3) is 0 Å². The predicted molar refractivity (Wildman–Crippen MR) is 238 cm³/mol. The van der Waals surface area contributed by atoms with Crippen LogP contribution in [0.4, 0.5) is 58.7 Å². The van der Waals surface area contributed by atoms with E-state index in [0.29, 0.717) is 40.5 Å². The highest BCUT2D eigenvalue weighted by molar-refractivity contribution is 7.80. The molecule has 3 aliphatic heterocycles. The summed E-state index contributed by atoms with van der Waals surface area (Å²) in [5.74, 6) is -0.515. The van der Waals surface area contributed by atoms with Gasteiger partial charge in [0.2, 0.25) is 0 Å². The lowest BCUT2D eigenvalue weighted by molar-refractivity contribution is -0.138. The van der Waals surface area contributed by atoms with E-state index in [-0.39, 0.29) is 71.8 Å². The SMILES string of the molecule is N#Cc1ccc([C@H]2NC(=O)N(c3cccc(C(F)(F)F)c3)c3cn(CCN4CCN(CCn5cc6c(c5O)[C@@H](c5ccc(C#N)cc5)NC(=O)N6c5cccc(C(F)(F)F)c5)C4=S)c(O)c32)cc1. The summed E-state index contributed by atoms with van der Waals surface area (Å²) in [5, 5.41) is 48.3. The molecule has 0 radical (unpaired) electrons. The van der Waals surface area contributed by atoms with Crippen LogP contribution in [0, 0.1) is 22.7 Å². The van der Waals surface area contributed by atoms with Gasteiger partial charge in [-0.3, -0.25) is 9.80 Å². The number of carbonyl (C=O) groups is 2. The molecule has 4 N–H and O–H groups in total. The second kappa shape index (κ2) is 17.2. The third-order valence-corrected chi connectivity index (χ3v) is 12.7. The van der Waals surface area contributed by atoms with E-state index in [1.165, 1.54) is 45.8 Å². The molecule has 0 saturated carbocycles. The first kappa shape index (κ1) is 45.0. The Labute approximate surface area is 388 Å². The van der Waals surface area contributed by atoms with Crippen LogP contribution in [0.2, 0.25) is 0 Å². The Hall–Kier alpha value is -8.17. The van der Waals surface area contributed by atoms with Gasteiger partial charge in [-0.1, -0.05) is 36.4 Å². The van der Waals surface area contributed by atoms with Crippen molar-refractivity contribution in [3.05, 3.63) is 154 Å². The maximum Gasteiger partial charge on any atom is 0.416 e. The molecule has 0 unspecified atom stereocenters. The fourth-order valence-electron chi connectivity index (χ4n) is 8.75. The highest BCUT2D eigenvalue weighted by atomic mass is 32.1. The van der Waals surface area contributed by atoms with Crippen molar-refractivity contribution in [2.75, 3.05) is 36.0 Å². The van der Waals surface area contributed by atoms with E-state index in [1.807, 2.05) is 21.9 Å². The first-order valence-electron chi connectivity index (χ1n) is 20.9. The van der Waals surface area contributed by atoms with Crippen molar-refractivity contribution < 1.29 is 46.1 Å². The van der Waals surface area contributed by atoms with E-state index in [2.05, 4.69) is 10.6 Å². The average molecular weight is 951 g/mol. The van der Waals surface area contributed by atoms with Crippen molar-refractivity contribution in [2.45, 2.75) is 37.5 Å². The van der Waals surface area contributed by atoms with E-state index >= 15 is 0 Å². The summed E-state index contributed by atoms with van der Waals surface area (Å²) in [6.07, 6.45) is -6.42. The van der Waals surface area contributed by atoms with E-state index in [9.17, 15) is 56.7 Å². The van der Waals surface area contributed by atoms with Gasteiger partial charge in [-0.05, 0) is 84.0 Å². The first-order chi connectivity index (χ1) is 32.4. The Morgan fingerprint density at radius 3 is 1.34 bits per heavy atom. The molecule has 0 spiro atoms. The number of nitrogens with zero attached hydrogens (tertiary/aromatic N) is 8. The van der Waals surface area contributed by atoms with Gasteiger partial charge in [-0.25, -0.2) is 9.59 Å².